The third-order valence-electron chi connectivity index (χ3n) is 3.33. The maximum Gasteiger partial charge on any atom is 0.0787 e. The highest BCUT2D eigenvalue weighted by Gasteiger charge is 2.26. The Morgan fingerprint density at radius 1 is 1.41 bits per heavy atom. The van der Waals surface area contributed by atoms with Crippen LogP contribution >= 0.6 is 0 Å². The van der Waals surface area contributed by atoms with Gasteiger partial charge in [0.05, 0.1) is 6.17 Å². The van der Waals surface area contributed by atoms with Crippen LogP contribution in [-0.2, 0) is 4.74 Å². The first-order valence-corrected chi connectivity index (χ1v) is 6.89. The van der Waals surface area contributed by atoms with Crippen LogP contribution < -0.4 is 5.32 Å². The fourth-order valence-electron chi connectivity index (χ4n) is 2.55. The first-order valence-electron chi connectivity index (χ1n) is 6.89. The van der Waals surface area contributed by atoms with Crippen LogP contribution in [0.1, 0.15) is 40.0 Å². The van der Waals surface area contributed by atoms with E-state index in [0.717, 1.165) is 39.0 Å². The maximum atomic E-state index is 5.46. The first-order chi connectivity index (χ1) is 8.19. The molecule has 0 aliphatic carbocycles. The molecule has 0 unspecified atom stereocenters. The quantitative estimate of drug-likeness (QED) is 0.692. The molecule has 1 aliphatic rings. The van der Waals surface area contributed by atoms with Gasteiger partial charge in [0.1, 0.15) is 0 Å². The van der Waals surface area contributed by atoms with Crippen molar-refractivity contribution in [3.05, 3.63) is 12.8 Å². The molecule has 0 aromatic rings. The van der Waals surface area contributed by atoms with E-state index in [-0.39, 0.29) is 0 Å². The van der Waals surface area contributed by atoms with Crippen molar-refractivity contribution in [3.63, 3.8) is 0 Å². The fourth-order valence-corrected chi connectivity index (χ4v) is 2.55. The molecule has 100 valence electrons. The van der Waals surface area contributed by atoms with Crippen LogP contribution in [0.4, 0.5) is 0 Å². The Labute approximate surface area is 106 Å². The predicted molar refractivity (Wildman–Crippen MR) is 72.8 cm³/mol. The second-order valence-corrected chi connectivity index (χ2v) is 5.23. The fraction of sp³-hybridized carbons (Fsp3) is 0.857. The van der Waals surface area contributed by atoms with E-state index in [9.17, 15) is 0 Å². The third-order valence-corrected chi connectivity index (χ3v) is 3.33. The molecular formula is C14H28N2O. The molecule has 1 N–H and O–H groups in total. The van der Waals surface area contributed by atoms with E-state index >= 15 is 0 Å². The van der Waals surface area contributed by atoms with Gasteiger partial charge < -0.3 is 10.1 Å². The van der Waals surface area contributed by atoms with Crippen LogP contribution in [0.25, 0.3) is 0 Å². The zero-order chi connectivity index (χ0) is 12.7. The lowest BCUT2D eigenvalue weighted by Crippen LogP contribution is -2.52. The van der Waals surface area contributed by atoms with Crippen molar-refractivity contribution < 1.29 is 4.74 Å². The van der Waals surface area contributed by atoms with Crippen molar-refractivity contribution in [1.82, 2.24) is 10.2 Å². The van der Waals surface area contributed by atoms with E-state index in [1.807, 2.05) is 6.20 Å². The number of nitrogens with zero attached hydrogens (tertiary/aromatic N) is 1. The van der Waals surface area contributed by atoms with Gasteiger partial charge in [0, 0.05) is 25.8 Å². The Hall–Kier alpha value is -0.540. The molecule has 17 heavy (non-hydrogen) atoms. The molecule has 0 aromatic carbocycles. The van der Waals surface area contributed by atoms with Crippen LogP contribution in [0, 0.1) is 5.92 Å². The highest BCUT2D eigenvalue weighted by molar-refractivity contribution is 4.82. The molecular weight excluding hydrogens is 212 g/mol. The molecule has 1 aliphatic heterocycles. The minimum atomic E-state index is 0.415. The number of hydrogen-bond acceptors (Lipinski definition) is 3. The van der Waals surface area contributed by atoms with Gasteiger partial charge in [-0.3, -0.25) is 4.90 Å². The van der Waals surface area contributed by atoms with Crippen molar-refractivity contribution in [2.24, 2.45) is 5.92 Å². The molecule has 1 rings (SSSR count). The molecule has 3 nitrogen and oxygen atoms in total. The van der Waals surface area contributed by atoms with Gasteiger partial charge in [-0.25, -0.2) is 0 Å². The zero-order valence-corrected chi connectivity index (χ0v) is 11.6. The lowest BCUT2D eigenvalue weighted by Gasteiger charge is -2.40. The lowest BCUT2D eigenvalue weighted by atomic mass is 10.0. The largest absolute Gasteiger partial charge is 0.381 e. The summed E-state index contributed by atoms with van der Waals surface area (Å²) in [4.78, 5) is 2.61. The van der Waals surface area contributed by atoms with Crippen LogP contribution in [-0.4, -0.2) is 36.9 Å². The number of hydrogen-bond donors (Lipinski definition) is 1. The second-order valence-electron chi connectivity index (χ2n) is 5.23. The number of ether oxygens (including phenoxy) is 1. The van der Waals surface area contributed by atoms with Crippen molar-refractivity contribution in [3.8, 4) is 0 Å². The molecule has 0 saturated carbocycles. The summed E-state index contributed by atoms with van der Waals surface area (Å²) in [6.45, 7) is 13.5. The first kappa shape index (κ1) is 14.5. The van der Waals surface area contributed by atoms with Crippen LogP contribution in [0.5, 0.6) is 0 Å². The Morgan fingerprint density at radius 3 is 2.53 bits per heavy atom. The minimum Gasteiger partial charge on any atom is -0.381 e. The summed E-state index contributed by atoms with van der Waals surface area (Å²) >= 11 is 0. The summed E-state index contributed by atoms with van der Waals surface area (Å²) in [5.74, 6) is 0.693. The van der Waals surface area contributed by atoms with E-state index in [2.05, 4.69) is 37.6 Å². The normalized spacial score (nSPS) is 19.6. The van der Waals surface area contributed by atoms with Crippen molar-refractivity contribution in [2.45, 2.75) is 52.2 Å². The summed E-state index contributed by atoms with van der Waals surface area (Å²) < 4.78 is 5.46. The summed E-state index contributed by atoms with van der Waals surface area (Å²) in [6, 6.07) is 0.656. The maximum absolute atomic E-state index is 5.46. The molecule has 1 saturated heterocycles. The smallest absolute Gasteiger partial charge is 0.0787 e. The van der Waals surface area contributed by atoms with E-state index in [0.29, 0.717) is 18.1 Å². The lowest BCUT2D eigenvalue weighted by molar-refractivity contribution is 0.00621. The zero-order valence-electron chi connectivity index (χ0n) is 11.6. The Balaban J connectivity index is 2.65. The summed E-state index contributed by atoms with van der Waals surface area (Å²) in [5.41, 5.74) is 0. The summed E-state index contributed by atoms with van der Waals surface area (Å²) in [7, 11) is 0. The highest BCUT2D eigenvalue weighted by atomic mass is 16.5. The van der Waals surface area contributed by atoms with Gasteiger partial charge in [0.2, 0.25) is 0 Å². The van der Waals surface area contributed by atoms with Crippen LogP contribution in [0.3, 0.4) is 0 Å². The number of rotatable bonds is 7. The van der Waals surface area contributed by atoms with Gasteiger partial charge in [-0.05, 0) is 31.4 Å². The SMILES string of the molecule is C=CN[C@H](CC)N(CC(C)C)C1CCOCC1. The molecule has 1 heterocycles. The Morgan fingerprint density at radius 2 is 2.06 bits per heavy atom. The van der Waals surface area contributed by atoms with Crippen molar-refractivity contribution in [1.29, 1.82) is 0 Å². The van der Waals surface area contributed by atoms with Crippen LogP contribution in [0.15, 0.2) is 12.8 Å². The van der Waals surface area contributed by atoms with Gasteiger partial charge in [-0.1, -0.05) is 27.4 Å². The second kappa shape index (κ2) is 7.72. The van der Waals surface area contributed by atoms with E-state index in [1.54, 1.807) is 0 Å². The third kappa shape index (κ3) is 4.68. The highest BCUT2D eigenvalue weighted by Crippen LogP contribution is 2.19. The average Bonchev–Trinajstić information content (AvgIpc) is 2.34. The molecule has 0 bridgehead atoms. The van der Waals surface area contributed by atoms with E-state index < -0.39 is 0 Å². The standard InChI is InChI=1S/C14H28N2O/c1-5-14(15-6-2)16(11-12(3)4)13-7-9-17-10-8-13/h6,12-15H,2,5,7-11H2,1,3-4H3/t14-/m0/s1. The average molecular weight is 240 g/mol. The molecule has 0 spiro atoms. The molecule has 1 fully saturated rings. The van der Waals surface area contributed by atoms with E-state index in [4.69, 9.17) is 4.74 Å². The predicted octanol–water partition coefficient (Wildman–Crippen LogP) is 2.59. The van der Waals surface area contributed by atoms with Crippen LogP contribution in [0.2, 0.25) is 0 Å². The summed E-state index contributed by atoms with van der Waals surface area (Å²) in [6.07, 6.45) is 5.65. The molecule has 0 amide bonds. The van der Waals surface area contributed by atoms with Gasteiger partial charge >= 0.3 is 0 Å². The Kier molecular flexibility index (Phi) is 6.60. The molecule has 0 aromatic heterocycles. The van der Waals surface area contributed by atoms with Crippen molar-refractivity contribution in [2.75, 3.05) is 19.8 Å². The van der Waals surface area contributed by atoms with E-state index in [1.165, 1.54) is 0 Å². The van der Waals surface area contributed by atoms with Gasteiger partial charge in [0.25, 0.3) is 0 Å². The molecule has 1 atom stereocenters. The topological polar surface area (TPSA) is 24.5 Å². The minimum absolute atomic E-state index is 0.415. The monoisotopic (exact) mass is 240 g/mol. The van der Waals surface area contributed by atoms with Gasteiger partial charge in [-0.15, -0.1) is 0 Å². The Bertz CT molecular complexity index is 212. The summed E-state index contributed by atoms with van der Waals surface area (Å²) in [5, 5.41) is 3.38. The van der Waals surface area contributed by atoms with Crippen molar-refractivity contribution >= 4 is 0 Å². The number of nitrogens with one attached hydrogen (secondary N) is 1. The molecule has 0 radical (unpaired) electrons. The molecule has 3 heteroatoms. The van der Waals surface area contributed by atoms with Gasteiger partial charge in [-0.2, -0.15) is 0 Å². The van der Waals surface area contributed by atoms with Gasteiger partial charge in [0.15, 0.2) is 0 Å².